The smallest absolute Gasteiger partial charge is 0.381 e. The molecule has 1 unspecified atom stereocenters. The highest BCUT2D eigenvalue weighted by Crippen LogP contribution is 2.45. The molecule has 0 bridgehead atoms. The van der Waals surface area contributed by atoms with Crippen LogP contribution < -0.4 is 10.2 Å². The lowest BCUT2D eigenvalue weighted by Crippen LogP contribution is -2.58. The van der Waals surface area contributed by atoms with E-state index >= 15 is 0 Å². The number of rotatable bonds is 3. The standard InChI is InChI=1S/C28H25F3N4O4/c29-28(30,31)19-3-1-4-21(15-19)34-22-5-2-6-23(36)24(22)25(18-9-7-17(16-32)8-10-18)35(27(34)38)26(37)33-20-11-13-39-14-12-20/h1,3-4,7-10,15,20,25H,2,5-6,11-14H2,(H,33,37). The van der Waals surface area contributed by atoms with Crippen LogP contribution in [0.15, 0.2) is 59.8 Å². The van der Waals surface area contributed by atoms with Crippen LogP contribution in [-0.2, 0) is 15.7 Å². The molecule has 2 aliphatic heterocycles. The fourth-order valence-electron chi connectivity index (χ4n) is 5.29. The van der Waals surface area contributed by atoms with Crippen LogP contribution in [0.25, 0.3) is 0 Å². The summed E-state index contributed by atoms with van der Waals surface area (Å²) in [5.74, 6) is -0.293. The number of amides is 4. The van der Waals surface area contributed by atoms with Crippen molar-refractivity contribution in [3.63, 3.8) is 0 Å². The van der Waals surface area contributed by atoms with Crippen molar-refractivity contribution in [3.05, 3.63) is 76.5 Å². The fraction of sp³-hybridized carbons (Fsp3) is 0.357. The number of Topliss-reactive ketones (excluding diaryl/α,β-unsaturated/α-hetero) is 1. The van der Waals surface area contributed by atoms with Crippen molar-refractivity contribution in [2.75, 3.05) is 18.1 Å². The molecule has 11 heteroatoms. The molecule has 1 atom stereocenters. The first kappa shape index (κ1) is 26.4. The number of ketones is 1. The molecule has 1 N–H and O–H groups in total. The molecule has 0 spiro atoms. The van der Waals surface area contributed by atoms with Crippen LogP contribution in [0.2, 0.25) is 0 Å². The maximum atomic E-state index is 14.1. The summed E-state index contributed by atoms with van der Waals surface area (Å²) in [6.07, 6.45) is -2.75. The number of hydrogen-bond donors (Lipinski definition) is 1. The molecule has 5 rings (SSSR count). The summed E-state index contributed by atoms with van der Waals surface area (Å²) in [5, 5.41) is 12.1. The largest absolute Gasteiger partial charge is 0.416 e. The number of nitrogens with zero attached hydrogens (tertiary/aromatic N) is 3. The fourth-order valence-corrected chi connectivity index (χ4v) is 5.29. The van der Waals surface area contributed by atoms with E-state index in [1.807, 2.05) is 6.07 Å². The highest BCUT2D eigenvalue weighted by Gasteiger charge is 2.48. The Bertz CT molecular complexity index is 1370. The molecule has 3 aliphatic rings. The van der Waals surface area contributed by atoms with E-state index in [1.54, 1.807) is 12.1 Å². The summed E-state index contributed by atoms with van der Waals surface area (Å²) in [7, 11) is 0. The Labute approximate surface area is 222 Å². The Hall–Kier alpha value is -4.17. The Morgan fingerprint density at radius 1 is 1.05 bits per heavy atom. The SMILES string of the molecule is N#Cc1ccc(C2C3=C(CCCC3=O)N(c3cccc(C(F)(F)F)c3)C(=O)N2C(=O)NC2CCOCC2)cc1. The van der Waals surface area contributed by atoms with Crippen molar-refractivity contribution in [2.24, 2.45) is 0 Å². The molecule has 0 radical (unpaired) electrons. The Morgan fingerprint density at radius 2 is 1.77 bits per heavy atom. The molecule has 8 nitrogen and oxygen atoms in total. The van der Waals surface area contributed by atoms with Gasteiger partial charge in [-0.3, -0.25) is 9.69 Å². The second-order valence-electron chi connectivity index (χ2n) is 9.65. The average Bonchev–Trinajstić information content (AvgIpc) is 2.92. The number of halogens is 3. The molecule has 39 heavy (non-hydrogen) atoms. The van der Waals surface area contributed by atoms with E-state index in [-0.39, 0.29) is 41.6 Å². The van der Waals surface area contributed by atoms with Gasteiger partial charge in [0.25, 0.3) is 0 Å². The van der Waals surface area contributed by atoms with Crippen molar-refractivity contribution in [3.8, 4) is 6.07 Å². The number of imide groups is 1. The molecular formula is C28H25F3N4O4. The molecule has 0 saturated carbocycles. The first-order valence-corrected chi connectivity index (χ1v) is 12.6. The topological polar surface area (TPSA) is 103 Å². The van der Waals surface area contributed by atoms with E-state index in [2.05, 4.69) is 5.32 Å². The van der Waals surface area contributed by atoms with Gasteiger partial charge in [-0.2, -0.15) is 18.4 Å². The number of hydrogen-bond acceptors (Lipinski definition) is 5. The zero-order chi connectivity index (χ0) is 27.7. The summed E-state index contributed by atoms with van der Waals surface area (Å²) < 4.78 is 46.0. The van der Waals surface area contributed by atoms with E-state index in [9.17, 15) is 32.8 Å². The molecule has 4 amide bonds. The number of ether oxygens (including phenoxy) is 1. The second kappa shape index (κ2) is 10.5. The van der Waals surface area contributed by atoms with Crippen molar-refractivity contribution < 1.29 is 32.3 Å². The normalized spacial score (nSPS) is 20.5. The van der Waals surface area contributed by atoms with Crippen LogP contribution >= 0.6 is 0 Å². The van der Waals surface area contributed by atoms with Crippen LogP contribution in [0.1, 0.15) is 54.8 Å². The highest BCUT2D eigenvalue weighted by molar-refractivity contribution is 6.11. The number of alkyl halides is 3. The third-order valence-electron chi connectivity index (χ3n) is 7.18. The third-order valence-corrected chi connectivity index (χ3v) is 7.18. The number of carbonyl (C=O) groups is 3. The molecule has 0 aromatic heterocycles. The van der Waals surface area contributed by atoms with Gasteiger partial charge < -0.3 is 10.1 Å². The van der Waals surface area contributed by atoms with Crippen LogP contribution in [-0.4, -0.2) is 42.0 Å². The van der Waals surface area contributed by atoms with Crippen molar-refractivity contribution in [2.45, 2.75) is 50.4 Å². The number of benzene rings is 2. The Kier molecular flexibility index (Phi) is 7.14. The maximum absolute atomic E-state index is 14.1. The molecule has 1 saturated heterocycles. The van der Waals surface area contributed by atoms with E-state index < -0.39 is 29.8 Å². The van der Waals surface area contributed by atoms with Gasteiger partial charge in [0.1, 0.15) is 0 Å². The summed E-state index contributed by atoms with van der Waals surface area (Å²) in [6, 6.07) is 9.52. The molecule has 202 valence electrons. The number of urea groups is 2. The molecule has 2 aromatic carbocycles. The van der Waals surface area contributed by atoms with E-state index in [1.165, 1.54) is 24.3 Å². The Balaban J connectivity index is 1.67. The summed E-state index contributed by atoms with van der Waals surface area (Å²) in [4.78, 5) is 43.2. The molecule has 1 fully saturated rings. The van der Waals surface area contributed by atoms with Crippen LogP contribution in [0, 0.1) is 11.3 Å². The first-order chi connectivity index (χ1) is 18.7. The summed E-state index contributed by atoms with van der Waals surface area (Å²) in [5.41, 5.74) is 0.221. The predicted molar refractivity (Wildman–Crippen MR) is 133 cm³/mol. The number of allylic oxidation sites excluding steroid dienone is 1. The monoisotopic (exact) mass is 538 g/mol. The minimum atomic E-state index is -4.65. The lowest BCUT2D eigenvalue weighted by molar-refractivity contribution is -0.137. The molecular weight excluding hydrogens is 513 g/mol. The number of nitrogens with one attached hydrogen (secondary N) is 1. The average molecular weight is 539 g/mol. The van der Waals surface area contributed by atoms with Gasteiger partial charge >= 0.3 is 18.2 Å². The lowest BCUT2D eigenvalue weighted by Gasteiger charge is -2.44. The van der Waals surface area contributed by atoms with Crippen LogP contribution in [0.4, 0.5) is 28.4 Å². The number of anilines is 1. The van der Waals surface area contributed by atoms with Crippen molar-refractivity contribution in [1.82, 2.24) is 10.2 Å². The zero-order valence-electron chi connectivity index (χ0n) is 20.8. The maximum Gasteiger partial charge on any atom is 0.416 e. The molecule has 2 heterocycles. The quantitative estimate of drug-likeness (QED) is 0.560. The van der Waals surface area contributed by atoms with E-state index in [0.29, 0.717) is 43.6 Å². The highest BCUT2D eigenvalue weighted by atomic mass is 19.4. The second-order valence-corrected chi connectivity index (χ2v) is 9.65. The minimum absolute atomic E-state index is 0.0841. The van der Waals surface area contributed by atoms with Gasteiger partial charge in [-0.25, -0.2) is 14.5 Å². The van der Waals surface area contributed by atoms with Gasteiger partial charge in [-0.15, -0.1) is 0 Å². The number of carbonyl (C=O) groups excluding carboxylic acids is 3. The van der Waals surface area contributed by atoms with Gasteiger partial charge in [0.2, 0.25) is 0 Å². The van der Waals surface area contributed by atoms with Gasteiger partial charge in [-0.1, -0.05) is 18.2 Å². The van der Waals surface area contributed by atoms with Gasteiger partial charge in [0.15, 0.2) is 5.78 Å². The van der Waals surface area contributed by atoms with E-state index in [0.717, 1.165) is 21.9 Å². The summed E-state index contributed by atoms with van der Waals surface area (Å²) >= 11 is 0. The van der Waals surface area contributed by atoms with Crippen LogP contribution in [0.3, 0.4) is 0 Å². The summed E-state index contributed by atoms with van der Waals surface area (Å²) in [6.45, 7) is 0.865. The van der Waals surface area contributed by atoms with Crippen molar-refractivity contribution >= 4 is 23.5 Å². The van der Waals surface area contributed by atoms with Crippen molar-refractivity contribution in [1.29, 1.82) is 5.26 Å². The minimum Gasteiger partial charge on any atom is -0.381 e. The van der Waals surface area contributed by atoms with Crippen LogP contribution in [0.5, 0.6) is 0 Å². The van der Waals surface area contributed by atoms with Gasteiger partial charge in [-0.05, 0) is 61.6 Å². The molecule has 1 aliphatic carbocycles. The third kappa shape index (κ3) is 5.12. The van der Waals surface area contributed by atoms with Gasteiger partial charge in [0.05, 0.1) is 28.9 Å². The number of nitriles is 1. The first-order valence-electron chi connectivity index (χ1n) is 12.6. The Morgan fingerprint density at radius 3 is 2.44 bits per heavy atom. The van der Waals surface area contributed by atoms with Gasteiger partial charge in [0, 0.05) is 36.9 Å². The zero-order valence-corrected chi connectivity index (χ0v) is 20.8. The lowest BCUT2D eigenvalue weighted by atomic mass is 9.83. The predicted octanol–water partition coefficient (Wildman–Crippen LogP) is 5.46. The molecule has 2 aromatic rings. The van der Waals surface area contributed by atoms with E-state index in [4.69, 9.17) is 4.74 Å².